The molecular weight excluding hydrogens is 302 g/mol. The summed E-state index contributed by atoms with van der Waals surface area (Å²) in [6.45, 7) is 4.35. The molecule has 0 saturated carbocycles. The van der Waals surface area contributed by atoms with Gasteiger partial charge in [-0.15, -0.1) is 5.10 Å². The molecule has 0 aliphatic heterocycles. The summed E-state index contributed by atoms with van der Waals surface area (Å²) in [6.07, 6.45) is 0.724. The zero-order valence-corrected chi connectivity index (χ0v) is 13.4. The van der Waals surface area contributed by atoms with E-state index >= 15 is 0 Å². The third kappa shape index (κ3) is 4.24. The molecule has 0 spiro atoms. The number of aromatic amines is 1. The van der Waals surface area contributed by atoms with Gasteiger partial charge in [0.2, 0.25) is 0 Å². The van der Waals surface area contributed by atoms with E-state index in [-0.39, 0.29) is 11.7 Å². The van der Waals surface area contributed by atoms with Gasteiger partial charge in [-0.3, -0.25) is 9.36 Å². The molecule has 0 unspecified atom stereocenters. The van der Waals surface area contributed by atoms with Crippen molar-refractivity contribution < 1.29 is 9.53 Å². The van der Waals surface area contributed by atoms with Crippen LogP contribution < -0.4 is 5.69 Å². The number of aromatic nitrogens is 3. The van der Waals surface area contributed by atoms with Crippen LogP contribution in [0.1, 0.15) is 19.4 Å². The molecule has 1 atom stereocenters. The second-order valence-corrected chi connectivity index (χ2v) is 6.02. The van der Waals surface area contributed by atoms with Gasteiger partial charge in [0.1, 0.15) is 5.25 Å². The third-order valence-electron chi connectivity index (χ3n) is 3.09. The highest BCUT2D eigenvalue weighted by Crippen LogP contribution is 2.21. The van der Waals surface area contributed by atoms with Crippen LogP contribution in [0.2, 0.25) is 0 Å². The maximum Gasteiger partial charge on any atom is 0.343 e. The Hall–Kier alpha value is -2.02. The Morgan fingerprint density at radius 3 is 2.82 bits per heavy atom. The fraction of sp³-hybridized carbons (Fsp3) is 0.400. The number of aryl methyl sites for hydroxylation is 1. The summed E-state index contributed by atoms with van der Waals surface area (Å²) in [6, 6.07) is 9.91. The van der Waals surface area contributed by atoms with Crippen LogP contribution in [0.25, 0.3) is 0 Å². The number of carbonyl (C=O) groups excluding carboxylic acids is 1. The second kappa shape index (κ2) is 7.84. The van der Waals surface area contributed by atoms with Crippen molar-refractivity contribution >= 4 is 17.7 Å². The number of esters is 1. The van der Waals surface area contributed by atoms with Gasteiger partial charge in [0.15, 0.2) is 5.16 Å². The SMILES string of the molecule is CCOC(=O)[C@@H](C)Sc1n[nH]c(=O)n1CCc1ccccc1. The molecular formula is C15H19N3O3S. The fourth-order valence-electron chi connectivity index (χ4n) is 1.94. The number of rotatable bonds is 7. The first-order chi connectivity index (χ1) is 10.6. The molecule has 0 aliphatic rings. The molecule has 118 valence electrons. The minimum absolute atomic E-state index is 0.269. The molecule has 0 aliphatic carbocycles. The van der Waals surface area contributed by atoms with Crippen molar-refractivity contribution in [1.29, 1.82) is 0 Å². The van der Waals surface area contributed by atoms with Crippen molar-refractivity contribution in [2.75, 3.05) is 6.61 Å². The van der Waals surface area contributed by atoms with Gasteiger partial charge < -0.3 is 4.74 Å². The summed E-state index contributed by atoms with van der Waals surface area (Å²) >= 11 is 1.22. The number of carbonyl (C=O) groups is 1. The summed E-state index contributed by atoms with van der Waals surface area (Å²) in [5, 5.41) is 6.52. The number of nitrogens with zero attached hydrogens (tertiary/aromatic N) is 2. The normalized spacial score (nSPS) is 12.1. The predicted molar refractivity (Wildman–Crippen MR) is 84.9 cm³/mol. The first-order valence-electron chi connectivity index (χ1n) is 7.14. The van der Waals surface area contributed by atoms with E-state index in [9.17, 15) is 9.59 Å². The Morgan fingerprint density at radius 2 is 2.14 bits per heavy atom. The summed E-state index contributed by atoms with van der Waals surface area (Å²) in [7, 11) is 0. The van der Waals surface area contributed by atoms with Crippen molar-refractivity contribution in [1.82, 2.24) is 14.8 Å². The van der Waals surface area contributed by atoms with E-state index in [0.29, 0.717) is 18.3 Å². The molecule has 2 rings (SSSR count). The van der Waals surface area contributed by atoms with Crippen molar-refractivity contribution in [3.8, 4) is 0 Å². The highest BCUT2D eigenvalue weighted by atomic mass is 32.2. The smallest absolute Gasteiger partial charge is 0.343 e. The maximum atomic E-state index is 11.9. The van der Waals surface area contributed by atoms with Crippen LogP contribution in [0.15, 0.2) is 40.3 Å². The van der Waals surface area contributed by atoms with Crippen molar-refractivity contribution in [2.45, 2.75) is 37.2 Å². The average Bonchev–Trinajstić information content (AvgIpc) is 2.86. The van der Waals surface area contributed by atoms with Crippen LogP contribution in [0.3, 0.4) is 0 Å². The first-order valence-corrected chi connectivity index (χ1v) is 8.02. The summed E-state index contributed by atoms with van der Waals surface area (Å²) in [5.74, 6) is -0.308. The zero-order valence-electron chi connectivity index (χ0n) is 12.6. The zero-order chi connectivity index (χ0) is 15.9. The van der Waals surface area contributed by atoms with Crippen LogP contribution in [0.5, 0.6) is 0 Å². The Morgan fingerprint density at radius 1 is 1.41 bits per heavy atom. The standard InChI is InChI=1S/C15H19N3O3S/c1-3-21-13(19)11(2)22-15-17-16-14(20)18(15)10-9-12-7-5-4-6-8-12/h4-8,11H,3,9-10H2,1-2H3,(H,16,20)/t11-/m1/s1. The Bertz CT molecular complexity index is 666. The lowest BCUT2D eigenvalue weighted by molar-refractivity contribution is -0.142. The van der Waals surface area contributed by atoms with E-state index in [1.807, 2.05) is 30.3 Å². The van der Waals surface area contributed by atoms with Gasteiger partial charge in [0.25, 0.3) is 0 Å². The maximum absolute atomic E-state index is 11.9. The Kier molecular flexibility index (Phi) is 5.83. The fourth-order valence-corrected chi connectivity index (χ4v) is 2.82. The second-order valence-electron chi connectivity index (χ2n) is 4.71. The van der Waals surface area contributed by atoms with Crippen LogP contribution in [0, 0.1) is 0 Å². The minimum Gasteiger partial charge on any atom is -0.465 e. The van der Waals surface area contributed by atoms with Gasteiger partial charge in [-0.25, -0.2) is 9.89 Å². The molecule has 1 heterocycles. The van der Waals surface area contributed by atoms with Crippen LogP contribution in [-0.2, 0) is 22.5 Å². The average molecular weight is 321 g/mol. The summed E-state index contributed by atoms with van der Waals surface area (Å²) < 4.78 is 6.52. The molecule has 22 heavy (non-hydrogen) atoms. The molecule has 1 aromatic heterocycles. The number of benzene rings is 1. The molecule has 0 saturated heterocycles. The first kappa shape index (κ1) is 16.4. The number of ether oxygens (including phenoxy) is 1. The summed E-state index contributed by atoms with van der Waals surface area (Å²) in [5.41, 5.74) is 0.875. The quantitative estimate of drug-likeness (QED) is 0.622. The third-order valence-corrected chi connectivity index (χ3v) is 4.16. The molecule has 1 aromatic carbocycles. The number of hydrogen-bond donors (Lipinski definition) is 1. The highest BCUT2D eigenvalue weighted by Gasteiger charge is 2.19. The number of thioether (sulfide) groups is 1. The van der Waals surface area contributed by atoms with Gasteiger partial charge >= 0.3 is 11.7 Å². The van der Waals surface area contributed by atoms with Crippen LogP contribution >= 0.6 is 11.8 Å². The Labute approximate surface area is 132 Å². The predicted octanol–water partition coefficient (Wildman–Crippen LogP) is 1.86. The largest absolute Gasteiger partial charge is 0.465 e. The van der Waals surface area contributed by atoms with Gasteiger partial charge in [0, 0.05) is 6.54 Å². The van der Waals surface area contributed by atoms with E-state index in [0.717, 1.165) is 12.0 Å². The van der Waals surface area contributed by atoms with Gasteiger partial charge in [-0.05, 0) is 25.8 Å². The highest BCUT2D eigenvalue weighted by molar-refractivity contribution is 8.00. The summed E-state index contributed by atoms with van der Waals surface area (Å²) in [4.78, 5) is 23.5. The lowest BCUT2D eigenvalue weighted by atomic mass is 10.1. The molecule has 1 N–H and O–H groups in total. The lowest BCUT2D eigenvalue weighted by Gasteiger charge is -2.10. The number of hydrogen-bond acceptors (Lipinski definition) is 5. The molecule has 0 bridgehead atoms. The van der Waals surface area contributed by atoms with Gasteiger partial charge in [-0.1, -0.05) is 42.1 Å². The molecule has 0 fully saturated rings. The molecule has 2 aromatic rings. The van der Waals surface area contributed by atoms with Gasteiger partial charge in [0.05, 0.1) is 6.61 Å². The Balaban J connectivity index is 2.04. The van der Waals surface area contributed by atoms with E-state index in [4.69, 9.17) is 4.74 Å². The topological polar surface area (TPSA) is 77.0 Å². The number of nitrogens with one attached hydrogen (secondary N) is 1. The van der Waals surface area contributed by atoms with E-state index in [1.165, 1.54) is 11.8 Å². The minimum atomic E-state index is -0.411. The van der Waals surface area contributed by atoms with E-state index < -0.39 is 5.25 Å². The van der Waals surface area contributed by atoms with Gasteiger partial charge in [-0.2, -0.15) is 0 Å². The molecule has 0 radical (unpaired) electrons. The molecule has 6 nitrogen and oxygen atoms in total. The monoisotopic (exact) mass is 321 g/mol. The van der Waals surface area contributed by atoms with Crippen molar-refractivity contribution in [3.05, 3.63) is 46.4 Å². The molecule has 7 heteroatoms. The van der Waals surface area contributed by atoms with Crippen molar-refractivity contribution in [3.63, 3.8) is 0 Å². The molecule has 0 amide bonds. The van der Waals surface area contributed by atoms with E-state index in [1.54, 1.807) is 18.4 Å². The van der Waals surface area contributed by atoms with Crippen LogP contribution in [0.4, 0.5) is 0 Å². The van der Waals surface area contributed by atoms with Crippen molar-refractivity contribution in [2.24, 2.45) is 0 Å². The van der Waals surface area contributed by atoms with Crippen LogP contribution in [-0.4, -0.2) is 32.6 Å². The lowest BCUT2D eigenvalue weighted by Crippen LogP contribution is -2.21. The number of H-pyrrole nitrogens is 1. The van der Waals surface area contributed by atoms with E-state index in [2.05, 4.69) is 10.2 Å².